The number of hydrogen-bond donors (Lipinski definition) is 2. The van der Waals surface area contributed by atoms with Gasteiger partial charge in [-0.15, -0.1) is 0 Å². The fraction of sp³-hybridized carbons (Fsp3) is 0.125. The maximum absolute atomic E-state index is 12.8. The first-order valence-electron chi connectivity index (χ1n) is 9.57. The zero-order valence-electron chi connectivity index (χ0n) is 16.8. The number of amides is 2. The Labute approximate surface area is 185 Å². The molecule has 7 heteroatoms. The fourth-order valence-electron chi connectivity index (χ4n) is 3.09. The number of hydrogen-bond acceptors (Lipinski definition) is 4. The summed E-state index contributed by atoms with van der Waals surface area (Å²) >= 11 is 6.14. The Morgan fingerprint density at radius 2 is 1.48 bits per heavy atom. The first-order valence-corrected chi connectivity index (χ1v) is 9.95. The zero-order chi connectivity index (χ0) is 22.2. The molecule has 0 aromatic heterocycles. The van der Waals surface area contributed by atoms with Crippen LogP contribution in [-0.4, -0.2) is 24.9 Å². The topological polar surface area (TPSA) is 84.5 Å². The maximum atomic E-state index is 12.8. The summed E-state index contributed by atoms with van der Waals surface area (Å²) < 4.78 is 4.76. The van der Waals surface area contributed by atoms with Crippen molar-refractivity contribution < 1.29 is 19.1 Å². The lowest BCUT2D eigenvalue weighted by atomic mass is 10.0. The van der Waals surface area contributed by atoms with Gasteiger partial charge < -0.3 is 15.4 Å². The maximum Gasteiger partial charge on any atom is 0.339 e. The average molecular weight is 437 g/mol. The lowest BCUT2D eigenvalue weighted by molar-refractivity contribution is -0.116. The SMILES string of the molecule is COC(=O)c1ccccc1NC(=O)CC(NC(=O)c1ccccc1Cl)c1ccccc1. The number of carbonyl (C=O) groups is 3. The highest BCUT2D eigenvalue weighted by atomic mass is 35.5. The van der Waals surface area contributed by atoms with Gasteiger partial charge in [0.15, 0.2) is 0 Å². The first kappa shape index (κ1) is 22.1. The van der Waals surface area contributed by atoms with Crippen LogP contribution in [0.15, 0.2) is 78.9 Å². The number of rotatable bonds is 7. The molecule has 31 heavy (non-hydrogen) atoms. The van der Waals surface area contributed by atoms with Crippen molar-refractivity contribution in [2.45, 2.75) is 12.5 Å². The van der Waals surface area contributed by atoms with E-state index >= 15 is 0 Å². The van der Waals surface area contributed by atoms with Crippen LogP contribution in [0, 0.1) is 0 Å². The van der Waals surface area contributed by atoms with Crippen LogP contribution in [-0.2, 0) is 9.53 Å². The van der Waals surface area contributed by atoms with Crippen LogP contribution in [0.2, 0.25) is 5.02 Å². The summed E-state index contributed by atoms with van der Waals surface area (Å²) in [5, 5.41) is 5.94. The lowest BCUT2D eigenvalue weighted by Crippen LogP contribution is -2.32. The van der Waals surface area contributed by atoms with Gasteiger partial charge in [-0.25, -0.2) is 4.79 Å². The van der Waals surface area contributed by atoms with E-state index in [0.29, 0.717) is 16.3 Å². The number of carbonyl (C=O) groups excluding carboxylic acids is 3. The van der Waals surface area contributed by atoms with Crippen molar-refractivity contribution >= 4 is 35.1 Å². The molecule has 2 N–H and O–H groups in total. The van der Waals surface area contributed by atoms with Crippen molar-refractivity contribution in [3.8, 4) is 0 Å². The molecule has 3 aromatic carbocycles. The van der Waals surface area contributed by atoms with E-state index in [9.17, 15) is 14.4 Å². The van der Waals surface area contributed by atoms with Gasteiger partial charge in [0.1, 0.15) is 0 Å². The summed E-state index contributed by atoms with van der Waals surface area (Å²) in [4.78, 5) is 37.5. The number of methoxy groups -OCH3 is 1. The minimum atomic E-state index is -0.602. The molecular weight excluding hydrogens is 416 g/mol. The highest BCUT2D eigenvalue weighted by Gasteiger charge is 2.21. The van der Waals surface area contributed by atoms with Crippen LogP contribution < -0.4 is 10.6 Å². The minimum absolute atomic E-state index is 0.0459. The highest BCUT2D eigenvalue weighted by Crippen LogP contribution is 2.22. The largest absolute Gasteiger partial charge is 0.465 e. The number of benzene rings is 3. The molecule has 158 valence electrons. The Morgan fingerprint density at radius 3 is 2.16 bits per heavy atom. The van der Waals surface area contributed by atoms with Crippen molar-refractivity contribution in [3.63, 3.8) is 0 Å². The Morgan fingerprint density at radius 1 is 0.871 bits per heavy atom. The van der Waals surface area contributed by atoms with E-state index in [0.717, 1.165) is 5.56 Å². The molecule has 3 rings (SSSR count). The number of para-hydroxylation sites is 1. The van der Waals surface area contributed by atoms with Crippen LogP contribution in [0.3, 0.4) is 0 Å². The molecule has 0 aliphatic carbocycles. The molecule has 0 saturated heterocycles. The predicted octanol–water partition coefficient (Wildman–Crippen LogP) is 4.63. The molecule has 0 aliphatic rings. The highest BCUT2D eigenvalue weighted by molar-refractivity contribution is 6.33. The van der Waals surface area contributed by atoms with Gasteiger partial charge >= 0.3 is 5.97 Å². The number of ether oxygens (including phenoxy) is 1. The Kier molecular flexibility index (Phi) is 7.40. The zero-order valence-corrected chi connectivity index (χ0v) is 17.6. The third-order valence-corrected chi connectivity index (χ3v) is 4.95. The molecule has 1 atom stereocenters. The molecule has 0 bridgehead atoms. The third kappa shape index (κ3) is 5.71. The van der Waals surface area contributed by atoms with Gasteiger partial charge in [-0.05, 0) is 29.8 Å². The number of esters is 1. The van der Waals surface area contributed by atoms with Gasteiger partial charge in [0.05, 0.1) is 41.4 Å². The molecule has 0 aliphatic heterocycles. The molecule has 0 fully saturated rings. The summed E-state index contributed by atoms with van der Waals surface area (Å²) in [5.74, 6) is -1.31. The van der Waals surface area contributed by atoms with Crippen LogP contribution in [0.25, 0.3) is 0 Å². The van der Waals surface area contributed by atoms with Gasteiger partial charge in [0.2, 0.25) is 5.91 Å². The van der Waals surface area contributed by atoms with Crippen LogP contribution in [0.5, 0.6) is 0 Å². The summed E-state index contributed by atoms with van der Waals surface area (Å²) in [6.45, 7) is 0. The van der Waals surface area contributed by atoms with Crippen molar-refractivity contribution in [2.75, 3.05) is 12.4 Å². The van der Waals surface area contributed by atoms with Crippen molar-refractivity contribution in [2.24, 2.45) is 0 Å². The normalized spacial score (nSPS) is 11.3. The van der Waals surface area contributed by atoms with Crippen molar-refractivity contribution in [1.82, 2.24) is 5.32 Å². The number of nitrogens with one attached hydrogen (secondary N) is 2. The van der Waals surface area contributed by atoms with Gasteiger partial charge in [0, 0.05) is 0 Å². The van der Waals surface area contributed by atoms with E-state index in [1.807, 2.05) is 30.3 Å². The van der Waals surface area contributed by atoms with Crippen molar-refractivity contribution in [3.05, 3.63) is 101 Å². The average Bonchev–Trinajstić information content (AvgIpc) is 2.79. The molecule has 3 aromatic rings. The van der Waals surface area contributed by atoms with Gasteiger partial charge in [0.25, 0.3) is 5.91 Å². The van der Waals surface area contributed by atoms with E-state index in [1.54, 1.807) is 48.5 Å². The summed E-state index contributed by atoms with van der Waals surface area (Å²) in [7, 11) is 1.27. The van der Waals surface area contributed by atoms with Crippen molar-refractivity contribution in [1.29, 1.82) is 0 Å². The second kappa shape index (κ2) is 10.4. The predicted molar refractivity (Wildman–Crippen MR) is 119 cm³/mol. The molecule has 6 nitrogen and oxygen atoms in total. The van der Waals surface area contributed by atoms with Gasteiger partial charge in [-0.2, -0.15) is 0 Å². The molecular formula is C24H21ClN2O4. The van der Waals surface area contributed by atoms with E-state index in [2.05, 4.69) is 10.6 Å². The summed E-state index contributed by atoms with van der Waals surface area (Å²) in [5.41, 5.74) is 1.67. The molecule has 0 spiro atoms. The Balaban J connectivity index is 1.80. The van der Waals surface area contributed by atoms with E-state index in [4.69, 9.17) is 16.3 Å². The molecule has 0 radical (unpaired) electrons. The van der Waals surface area contributed by atoms with Crippen LogP contribution in [0.4, 0.5) is 5.69 Å². The molecule has 2 amide bonds. The van der Waals surface area contributed by atoms with E-state index in [1.165, 1.54) is 7.11 Å². The molecule has 0 heterocycles. The quantitative estimate of drug-likeness (QED) is 0.529. The van der Waals surface area contributed by atoms with Gasteiger partial charge in [-0.3, -0.25) is 9.59 Å². The molecule has 0 saturated carbocycles. The Bertz CT molecular complexity index is 1090. The van der Waals surface area contributed by atoms with E-state index in [-0.39, 0.29) is 23.8 Å². The fourth-order valence-corrected chi connectivity index (χ4v) is 3.31. The minimum Gasteiger partial charge on any atom is -0.465 e. The van der Waals surface area contributed by atoms with Gasteiger partial charge in [-0.1, -0.05) is 66.2 Å². The Hall–Kier alpha value is -3.64. The number of anilines is 1. The first-order chi connectivity index (χ1) is 15.0. The lowest BCUT2D eigenvalue weighted by Gasteiger charge is -2.20. The van der Waals surface area contributed by atoms with Crippen LogP contribution >= 0.6 is 11.6 Å². The smallest absolute Gasteiger partial charge is 0.339 e. The van der Waals surface area contributed by atoms with E-state index < -0.39 is 12.0 Å². The number of halogens is 1. The summed E-state index contributed by atoms with van der Waals surface area (Å²) in [6, 6.07) is 21.8. The standard InChI is InChI=1S/C24H21ClN2O4/c1-31-24(30)18-12-6-8-14-20(18)26-22(28)15-21(16-9-3-2-4-10-16)27-23(29)17-11-5-7-13-19(17)25/h2-14,21H,15H2,1H3,(H,26,28)(H,27,29). The second-order valence-electron chi connectivity index (χ2n) is 6.71. The molecule has 1 unspecified atom stereocenters. The van der Waals surface area contributed by atoms with Crippen LogP contribution in [0.1, 0.15) is 38.7 Å². The second-order valence-corrected chi connectivity index (χ2v) is 7.11. The monoisotopic (exact) mass is 436 g/mol. The summed E-state index contributed by atoms with van der Waals surface area (Å²) in [6.07, 6.45) is -0.0459. The third-order valence-electron chi connectivity index (χ3n) is 4.62.